The van der Waals surface area contributed by atoms with Crippen molar-refractivity contribution in [3.8, 4) is 0 Å². The first-order valence-corrected chi connectivity index (χ1v) is 9.47. The van der Waals surface area contributed by atoms with Gasteiger partial charge in [-0.1, -0.05) is 36.4 Å². The molecule has 5 heteroatoms. The molecule has 2 aromatic rings. The molecular weight excluding hydrogens is 355 g/mol. The van der Waals surface area contributed by atoms with Crippen LogP contribution in [0.5, 0.6) is 0 Å². The third-order valence-corrected chi connectivity index (χ3v) is 4.53. The molecule has 1 N–H and O–H groups in total. The van der Waals surface area contributed by atoms with Crippen LogP contribution in [0.4, 0.5) is 4.39 Å². The predicted octanol–water partition coefficient (Wildman–Crippen LogP) is 4.01. The second-order valence-corrected chi connectivity index (χ2v) is 8.17. The SMILES string of the molecule is Cc1ccccc1CC(=O)N(Cc1ccc(F)cc1)[C@H](C)C(=O)NC(C)(C)C. The minimum absolute atomic E-state index is 0.143. The van der Waals surface area contributed by atoms with Crippen LogP contribution in [0.25, 0.3) is 0 Å². The van der Waals surface area contributed by atoms with Crippen molar-refractivity contribution in [2.75, 3.05) is 0 Å². The van der Waals surface area contributed by atoms with E-state index < -0.39 is 11.6 Å². The molecule has 2 amide bonds. The Hall–Kier alpha value is -2.69. The van der Waals surface area contributed by atoms with Gasteiger partial charge in [-0.3, -0.25) is 9.59 Å². The van der Waals surface area contributed by atoms with Crippen molar-refractivity contribution in [1.82, 2.24) is 10.2 Å². The molecule has 4 nitrogen and oxygen atoms in total. The normalized spacial score (nSPS) is 12.4. The molecule has 0 heterocycles. The van der Waals surface area contributed by atoms with Crippen molar-refractivity contribution in [3.05, 3.63) is 71.0 Å². The van der Waals surface area contributed by atoms with Gasteiger partial charge in [0.05, 0.1) is 6.42 Å². The third-order valence-electron chi connectivity index (χ3n) is 4.53. The Morgan fingerprint density at radius 1 is 1.07 bits per heavy atom. The fraction of sp³-hybridized carbons (Fsp3) is 0.391. The van der Waals surface area contributed by atoms with E-state index in [9.17, 15) is 14.0 Å². The first-order valence-electron chi connectivity index (χ1n) is 9.47. The van der Waals surface area contributed by atoms with E-state index in [1.54, 1.807) is 24.0 Å². The van der Waals surface area contributed by atoms with Crippen molar-refractivity contribution >= 4 is 11.8 Å². The lowest BCUT2D eigenvalue weighted by molar-refractivity contribution is -0.140. The molecular formula is C23H29FN2O2. The lowest BCUT2D eigenvalue weighted by Crippen LogP contribution is -2.52. The van der Waals surface area contributed by atoms with Crippen molar-refractivity contribution in [3.63, 3.8) is 0 Å². The molecule has 0 saturated heterocycles. The van der Waals surface area contributed by atoms with Gasteiger partial charge in [-0.25, -0.2) is 4.39 Å². The van der Waals surface area contributed by atoms with Crippen LogP contribution in [0.3, 0.4) is 0 Å². The van der Waals surface area contributed by atoms with Gasteiger partial charge < -0.3 is 10.2 Å². The number of carbonyl (C=O) groups excluding carboxylic acids is 2. The number of aryl methyl sites for hydroxylation is 1. The summed E-state index contributed by atoms with van der Waals surface area (Å²) in [5.74, 6) is -0.692. The largest absolute Gasteiger partial charge is 0.350 e. The van der Waals surface area contributed by atoms with E-state index >= 15 is 0 Å². The van der Waals surface area contributed by atoms with Crippen LogP contribution in [0.2, 0.25) is 0 Å². The van der Waals surface area contributed by atoms with Crippen LogP contribution in [-0.4, -0.2) is 28.3 Å². The van der Waals surface area contributed by atoms with Gasteiger partial charge in [0.2, 0.25) is 11.8 Å². The van der Waals surface area contributed by atoms with Crippen LogP contribution >= 0.6 is 0 Å². The van der Waals surface area contributed by atoms with Crippen molar-refractivity contribution in [1.29, 1.82) is 0 Å². The van der Waals surface area contributed by atoms with E-state index in [4.69, 9.17) is 0 Å². The predicted molar refractivity (Wildman–Crippen MR) is 109 cm³/mol. The Labute approximate surface area is 166 Å². The van der Waals surface area contributed by atoms with Crippen molar-refractivity contribution in [2.45, 2.75) is 59.2 Å². The Kier molecular flexibility index (Phi) is 6.95. The second-order valence-electron chi connectivity index (χ2n) is 8.17. The third kappa shape index (κ3) is 6.19. The van der Waals surface area contributed by atoms with Crippen LogP contribution in [-0.2, 0) is 22.6 Å². The van der Waals surface area contributed by atoms with E-state index in [2.05, 4.69) is 5.32 Å². The summed E-state index contributed by atoms with van der Waals surface area (Å²) in [7, 11) is 0. The van der Waals surface area contributed by atoms with Gasteiger partial charge in [0.15, 0.2) is 0 Å². The zero-order valence-electron chi connectivity index (χ0n) is 17.3. The number of nitrogens with one attached hydrogen (secondary N) is 1. The standard InChI is InChI=1S/C23H29FN2O2/c1-16-8-6-7-9-19(16)14-21(27)26(15-18-10-12-20(24)13-11-18)17(2)22(28)25-23(3,4)5/h6-13,17H,14-15H2,1-5H3,(H,25,28)/t17-/m1/s1. The van der Waals surface area contributed by atoms with E-state index in [0.29, 0.717) is 0 Å². The first-order chi connectivity index (χ1) is 13.1. The second kappa shape index (κ2) is 9.00. The molecule has 0 aliphatic carbocycles. The van der Waals surface area contributed by atoms with Gasteiger partial charge in [0, 0.05) is 12.1 Å². The molecule has 150 valence electrons. The average Bonchev–Trinajstić information content (AvgIpc) is 2.61. The number of benzene rings is 2. The van der Waals surface area contributed by atoms with Crippen LogP contribution < -0.4 is 5.32 Å². The number of amides is 2. The lowest BCUT2D eigenvalue weighted by atomic mass is 10.0. The highest BCUT2D eigenvalue weighted by Gasteiger charge is 2.28. The number of hydrogen-bond donors (Lipinski definition) is 1. The Morgan fingerprint density at radius 2 is 1.68 bits per heavy atom. The van der Waals surface area contributed by atoms with Crippen LogP contribution in [0.15, 0.2) is 48.5 Å². The van der Waals surface area contributed by atoms with Crippen molar-refractivity contribution < 1.29 is 14.0 Å². The van der Waals surface area contributed by atoms with Gasteiger partial charge in [0.1, 0.15) is 11.9 Å². The maximum atomic E-state index is 13.2. The molecule has 0 aromatic heterocycles. The molecule has 1 atom stereocenters. The monoisotopic (exact) mass is 384 g/mol. The number of nitrogens with zero attached hydrogens (tertiary/aromatic N) is 1. The van der Waals surface area contributed by atoms with Gasteiger partial charge in [0.25, 0.3) is 0 Å². The highest BCUT2D eigenvalue weighted by atomic mass is 19.1. The Balaban J connectivity index is 2.26. The summed E-state index contributed by atoms with van der Waals surface area (Å²) in [6.45, 7) is 9.62. The van der Waals surface area contributed by atoms with E-state index in [-0.39, 0.29) is 30.6 Å². The quantitative estimate of drug-likeness (QED) is 0.818. The zero-order chi connectivity index (χ0) is 20.9. The summed E-state index contributed by atoms with van der Waals surface area (Å²) in [5, 5.41) is 2.93. The maximum Gasteiger partial charge on any atom is 0.242 e. The number of carbonyl (C=O) groups is 2. The van der Waals surface area contributed by atoms with E-state index in [0.717, 1.165) is 16.7 Å². The fourth-order valence-electron chi connectivity index (χ4n) is 2.92. The van der Waals surface area contributed by atoms with Gasteiger partial charge >= 0.3 is 0 Å². The first kappa shape index (κ1) is 21.6. The van der Waals surface area contributed by atoms with E-state index in [1.807, 2.05) is 52.0 Å². The number of hydrogen-bond acceptors (Lipinski definition) is 2. The Morgan fingerprint density at radius 3 is 2.25 bits per heavy atom. The van der Waals surface area contributed by atoms with Crippen LogP contribution in [0, 0.1) is 12.7 Å². The summed E-state index contributed by atoms with van der Waals surface area (Å²) >= 11 is 0. The number of rotatable bonds is 6. The van der Waals surface area contributed by atoms with Gasteiger partial charge in [-0.05, 0) is 63.4 Å². The summed E-state index contributed by atoms with van der Waals surface area (Å²) < 4.78 is 13.2. The Bertz CT molecular complexity index is 825. The molecule has 2 rings (SSSR count). The molecule has 0 spiro atoms. The molecule has 0 aliphatic rings. The summed E-state index contributed by atoms with van der Waals surface area (Å²) in [4.78, 5) is 27.4. The summed E-state index contributed by atoms with van der Waals surface area (Å²) in [6.07, 6.45) is 0.209. The van der Waals surface area contributed by atoms with E-state index in [1.165, 1.54) is 12.1 Å². The minimum atomic E-state index is -0.652. The molecule has 0 bridgehead atoms. The maximum absolute atomic E-state index is 13.2. The highest BCUT2D eigenvalue weighted by Crippen LogP contribution is 2.15. The fourth-order valence-corrected chi connectivity index (χ4v) is 2.92. The van der Waals surface area contributed by atoms with Crippen molar-refractivity contribution in [2.24, 2.45) is 0 Å². The molecule has 0 radical (unpaired) electrons. The molecule has 0 saturated carbocycles. The highest BCUT2D eigenvalue weighted by molar-refractivity contribution is 5.88. The topological polar surface area (TPSA) is 49.4 Å². The smallest absolute Gasteiger partial charge is 0.242 e. The number of halogens is 1. The minimum Gasteiger partial charge on any atom is -0.350 e. The van der Waals surface area contributed by atoms with Gasteiger partial charge in [-0.15, -0.1) is 0 Å². The van der Waals surface area contributed by atoms with Gasteiger partial charge in [-0.2, -0.15) is 0 Å². The molecule has 0 fully saturated rings. The van der Waals surface area contributed by atoms with Crippen LogP contribution in [0.1, 0.15) is 44.4 Å². The molecule has 0 aliphatic heterocycles. The average molecular weight is 384 g/mol. The lowest BCUT2D eigenvalue weighted by Gasteiger charge is -2.31. The molecule has 0 unspecified atom stereocenters. The molecule has 28 heavy (non-hydrogen) atoms. The molecule has 2 aromatic carbocycles. The summed E-state index contributed by atoms with van der Waals surface area (Å²) in [5.41, 5.74) is 2.34. The summed E-state index contributed by atoms with van der Waals surface area (Å²) in [6, 6.07) is 13.1. The zero-order valence-corrected chi connectivity index (χ0v) is 17.3.